The lowest BCUT2D eigenvalue weighted by molar-refractivity contribution is 0.0937. The van der Waals surface area contributed by atoms with Crippen molar-refractivity contribution in [1.29, 1.82) is 0 Å². The molecule has 1 aliphatic heterocycles. The van der Waals surface area contributed by atoms with Gasteiger partial charge in [-0.1, -0.05) is 17.7 Å². The highest BCUT2D eigenvalue weighted by Gasteiger charge is 2.24. The van der Waals surface area contributed by atoms with Crippen LogP contribution in [0.4, 0.5) is 0 Å². The lowest BCUT2D eigenvalue weighted by Gasteiger charge is -2.11. The summed E-state index contributed by atoms with van der Waals surface area (Å²) in [6, 6.07) is 11.9. The van der Waals surface area contributed by atoms with Crippen molar-refractivity contribution in [2.75, 3.05) is 6.54 Å². The second kappa shape index (κ2) is 7.09. The molecule has 0 spiro atoms. The molecule has 4 nitrogen and oxygen atoms in total. The number of amides is 1. The molecule has 3 aromatic rings. The maximum Gasteiger partial charge on any atom is 0.263 e. The Balaban J connectivity index is 1.44. The minimum absolute atomic E-state index is 0.0761. The minimum Gasteiger partial charge on any atom is -0.488 e. The smallest absolute Gasteiger partial charge is 0.263 e. The Bertz CT molecular complexity index is 970. The third-order valence-electron chi connectivity index (χ3n) is 4.40. The molecule has 0 bridgehead atoms. The monoisotopic (exact) mass is 384 g/mol. The van der Waals surface area contributed by atoms with E-state index in [0.29, 0.717) is 16.4 Å². The fourth-order valence-electron chi connectivity index (χ4n) is 3.11. The summed E-state index contributed by atoms with van der Waals surface area (Å²) in [5.74, 6) is 0.713. The Morgan fingerprint density at radius 2 is 2.27 bits per heavy atom. The van der Waals surface area contributed by atoms with Crippen LogP contribution in [0.5, 0.6) is 5.75 Å². The zero-order valence-electron chi connectivity index (χ0n) is 14.2. The normalized spacial score (nSPS) is 15.4. The van der Waals surface area contributed by atoms with Gasteiger partial charge in [0.25, 0.3) is 5.91 Å². The number of benzene rings is 1. The van der Waals surface area contributed by atoms with Gasteiger partial charge >= 0.3 is 0 Å². The highest BCUT2D eigenvalue weighted by molar-refractivity contribution is 7.12. The Hall–Kier alpha value is -2.37. The van der Waals surface area contributed by atoms with Crippen LogP contribution in [0.15, 0.2) is 48.0 Å². The predicted octanol–water partition coefficient (Wildman–Crippen LogP) is 4.51. The molecular formula is C20H17ClN2O2S. The van der Waals surface area contributed by atoms with Crippen molar-refractivity contribution in [3.05, 3.63) is 69.0 Å². The van der Waals surface area contributed by atoms with Crippen molar-refractivity contribution >= 4 is 28.8 Å². The molecule has 4 rings (SSSR count). The molecule has 0 unspecified atom stereocenters. The highest BCUT2D eigenvalue weighted by Crippen LogP contribution is 2.33. The number of ether oxygens (including phenoxy) is 1. The molecule has 1 N–H and O–H groups in total. The number of hydrogen-bond acceptors (Lipinski definition) is 4. The minimum atomic E-state index is -0.158. The molecular weight excluding hydrogens is 368 g/mol. The zero-order chi connectivity index (χ0) is 18.1. The van der Waals surface area contributed by atoms with E-state index in [9.17, 15) is 4.79 Å². The molecule has 0 radical (unpaired) electrons. The standard InChI is InChI=1S/C20H17ClN2O2S/c1-12-3-2-7-22-18(12)13-4-5-17-14(9-13)10-15(25-17)11-23-20(24)19-16(21)6-8-26-19/h2-9,15H,10-11H2,1H3,(H,23,24)/t15-/m1/s1. The molecule has 132 valence electrons. The molecule has 26 heavy (non-hydrogen) atoms. The molecule has 0 aliphatic carbocycles. The van der Waals surface area contributed by atoms with Gasteiger partial charge in [0.1, 0.15) is 16.7 Å². The number of carbonyl (C=O) groups is 1. The van der Waals surface area contributed by atoms with Crippen LogP contribution in [0, 0.1) is 6.92 Å². The van der Waals surface area contributed by atoms with Crippen LogP contribution < -0.4 is 10.1 Å². The number of rotatable bonds is 4. The van der Waals surface area contributed by atoms with Gasteiger partial charge in [-0.05, 0) is 53.8 Å². The van der Waals surface area contributed by atoms with Crippen molar-refractivity contribution in [3.8, 4) is 17.0 Å². The molecule has 6 heteroatoms. The number of aryl methyl sites for hydroxylation is 1. The summed E-state index contributed by atoms with van der Waals surface area (Å²) < 4.78 is 5.96. The van der Waals surface area contributed by atoms with Crippen LogP contribution in [-0.4, -0.2) is 23.5 Å². The SMILES string of the molecule is Cc1cccnc1-c1ccc2c(c1)C[C@H](CNC(=O)c1sccc1Cl)O2. The molecule has 0 saturated carbocycles. The van der Waals surface area contributed by atoms with E-state index in [1.54, 1.807) is 17.6 Å². The average molecular weight is 385 g/mol. The first-order valence-electron chi connectivity index (χ1n) is 8.34. The predicted molar refractivity (Wildman–Crippen MR) is 104 cm³/mol. The summed E-state index contributed by atoms with van der Waals surface area (Å²) in [7, 11) is 0. The van der Waals surface area contributed by atoms with E-state index in [0.717, 1.165) is 34.6 Å². The van der Waals surface area contributed by atoms with Gasteiger partial charge in [-0.25, -0.2) is 0 Å². The number of carbonyl (C=O) groups excluding carboxylic acids is 1. The number of fused-ring (bicyclic) bond motifs is 1. The van der Waals surface area contributed by atoms with Gasteiger partial charge in [0.05, 0.1) is 17.3 Å². The van der Waals surface area contributed by atoms with Gasteiger partial charge in [-0.15, -0.1) is 11.3 Å². The van der Waals surface area contributed by atoms with E-state index >= 15 is 0 Å². The van der Waals surface area contributed by atoms with E-state index in [2.05, 4.69) is 29.4 Å². The number of hydrogen-bond donors (Lipinski definition) is 1. The van der Waals surface area contributed by atoms with E-state index < -0.39 is 0 Å². The molecule has 0 saturated heterocycles. The molecule has 0 fully saturated rings. The third-order valence-corrected chi connectivity index (χ3v) is 5.74. The number of nitrogens with one attached hydrogen (secondary N) is 1. The second-order valence-corrected chi connectivity index (χ2v) is 7.57. The quantitative estimate of drug-likeness (QED) is 0.720. The molecule has 3 heterocycles. The van der Waals surface area contributed by atoms with Crippen LogP contribution in [0.25, 0.3) is 11.3 Å². The zero-order valence-corrected chi connectivity index (χ0v) is 15.7. The fourth-order valence-corrected chi connectivity index (χ4v) is 4.17. The van der Waals surface area contributed by atoms with Gasteiger partial charge in [0, 0.05) is 18.2 Å². The van der Waals surface area contributed by atoms with Gasteiger partial charge in [-0.3, -0.25) is 9.78 Å². The van der Waals surface area contributed by atoms with Crippen molar-refractivity contribution in [2.24, 2.45) is 0 Å². The van der Waals surface area contributed by atoms with Gasteiger partial charge < -0.3 is 10.1 Å². The van der Waals surface area contributed by atoms with E-state index in [4.69, 9.17) is 16.3 Å². The van der Waals surface area contributed by atoms with Gasteiger partial charge in [-0.2, -0.15) is 0 Å². The molecule has 2 aromatic heterocycles. The Morgan fingerprint density at radius 1 is 1.38 bits per heavy atom. The largest absolute Gasteiger partial charge is 0.488 e. The molecule has 1 atom stereocenters. The van der Waals surface area contributed by atoms with Crippen molar-refractivity contribution in [3.63, 3.8) is 0 Å². The van der Waals surface area contributed by atoms with Crippen LogP contribution >= 0.6 is 22.9 Å². The summed E-state index contributed by atoms with van der Waals surface area (Å²) in [4.78, 5) is 17.2. The summed E-state index contributed by atoms with van der Waals surface area (Å²) in [5.41, 5.74) is 4.35. The molecule has 1 amide bonds. The number of thiophene rings is 1. The highest BCUT2D eigenvalue weighted by atomic mass is 35.5. The number of aromatic nitrogens is 1. The molecule has 1 aliphatic rings. The van der Waals surface area contributed by atoms with Crippen LogP contribution in [0.2, 0.25) is 5.02 Å². The fraction of sp³-hybridized carbons (Fsp3) is 0.200. The maximum atomic E-state index is 12.2. The van der Waals surface area contributed by atoms with Crippen molar-refractivity contribution < 1.29 is 9.53 Å². The molecule has 1 aromatic carbocycles. The summed E-state index contributed by atoms with van der Waals surface area (Å²) in [6.45, 7) is 2.50. The number of nitrogens with zero attached hydrogens (tertiary/aromatic N) is 1. The van der Waals surface area contributed by atoms with Crippen LogP contribution in [0.3, 0.4) is 0 Å². The average Bonchev–Trinajstić information content (AvgIpc) is 3.25. The van der Waals surface area contributed by atoms with Crippen molar-refractivity contribution in [2.45, 2.75) is 19.4 Å². The van der Waals surface area contributed by atoms with Crippen molar-refractivity contribution in [1.82, 2.24) is 10.3 Å². The van der Waals surface area contributed by atoms with Gasteiger partial charge in [0.15, 0.2) is 0 Å². The first kappa shape index (κ1) is 17.1. The summed E-state index contributed by atoms with van der Waals surface area (Å²) in [5, 5.41) is 5.20. The Labute approximate surface area is 160 Å². The number of halogens is 1. The maximum absolute atomic E-state index is 12.2. The number of pyridine rings is 1. The second-order valence-electron chi connectivity index (χ2n) is 6.24. The third kappa shape index (κ3) is 3.32. The van der Waals surface area contributed by atoms with E-state index in [-0.39, 0.29) is 12.0 Å². The Kier molecular flexibility index (Phi) is 4.66. The topological polar surface area (TPSA) is 51.2 Å². The Morgan fingerprint density at radius 3 is 3.04 bits per heavy atom. The first-order chi connectivity index (χ1) is 12.6. The summed E-state index contributed by atoms with van der Waals surface area (Å²) in [6.07, 6.45) is 2.49. The first-order valence-corrected chi connectivity index (χ1v) is 9.60. The van der Waals surface area contributed by atoms with Crippen LogP contribution in [-0.2, 0) is 6.42 Å². The van der Waals surface area contributed by atoms with Gasteiger partial charge in [0.2, 0.25) is 0 Å². The van der Waals surface area contributed by atoms with Crippen LogP contribution in [0.1, 0.15) is 20.8 Å². The lowest BCUT2D eigenvalue weighted by Crippen LogP contribution is -2.34. The van der Waals surface area contributed by atoms with E-state index in [1.165, 1.54) is 11.3 Å². The lowest BCUT2D eigenvalue weighted by atomic mass is 10.0. The van der Waals surface area contributed by atoms with E-state index in [1.807, 2.05) is 18.2 Å². The summed E-state index contributed by atoms with van der Waals surface area (Å²) >= 11 is 7.34.